The molecule has 2 atom stereocenters. The molecule has 0 amide bonds. The molecule has 2 saturated heterocycles. The normalized spacial score (nSPS) is 37.0. The molecule has 2 aliphatic heterocycles. The third-order valence-corrected chi connectivity index (χ3v) is 2.61. The van der Waals surface area contributed by atoms with Gasteiger partial charge >= 0.3 is 0 Å². The van der Waals surface area contributed by atoms with E-state index >= 15 is 0 Å². The average molecular weight is 169 g/mol. The first-order chi connectivity index (χ1) is 5.95. The zero-order valence-corrected chi connectivity index (χ0v) is 7.46. The smallest absolute Gasteiger partial charge is 0.0591 e. The number of nitrogens with one attached hydrogen (secondary N) is 1. The quantitative estimate of drug-likeness (QED) is 0.638. The van der Waals surface area contributed by atoms with E-state index in [1.54, 1.807) is 0 Å². The van der Waals surface area contributed by atoms with E-state index < -0.39 is 0 Å². The lowest BCUT2D eigenvalue weighted by atomic mass is 10.1. The number of nitrogens with zero attached hydrogens (tertiary/aromatic N) is 1. The van der Waals surface area contributed by atoms with Crippen LogP contribution in [0.15, 0.2) is 0 Å². The van der Waals surface area contributed by atoms with Crippen LogP contribution in [0.2, 0.25) is 0 Å². The van der Waals surface area contributed by atoms with Crippen molar-refractivity contribution in [3.63, 3.8) is 0 Å². The molecule has 2 rings (SSSR count). The summed E-state index contributed by atoms with van der Waals surface area (Å²) in [5.74, 6) is 0. The lowest BCUT2D eigenvalue weighted by Gasteiger charge is -2.24. The van der Waals surface area contributed by atoms with Crippen LogP contribution in [0, 0.1) is 0 Å². The topological polar surface area (TPSA) is 35.4 Å². The Morgan fingerprint density at radius 1 is 1.50 bits per heavy atom. The Bertz CT molecular complexity index is 128. The van der Waals surface area contributed by atoms with Crippen LogP contribution in [0.1, 0.15) is 19.3 Å². The molecule has 2 unspecified atom stereocenters. The van der Waals surface area contributed by atoms with Crippen molar-refractivity contribution in [1.29, 1.82) is 0 Å². The number of ether oxygens (including phenoxy) is 1. The van der Waals surface area contributed by atoms with Crippen LogP contribution >= 0.6 is 0 Å². The Morgan fingerprint density at radius 2 is 2.50 bits per heavy atom. The predicted molar refractivity (Wildman–Crippen MR) is 47.2 cm³/mol. The molecule has 3 heteroatoms. The summed E-state index contributed by atoms with van der Waals surface area (Å²) in [6, 6.07) is 0.516. The zero-order chi connectivity index (χ0) is 8.23. The van der Waals surface area contributed by atoms with Crippen molar-refractivity contribution in [2.75, 3.05) is 26.2 Å². The Balaban J connectivity index is 1.69. The molecule has 0 aliphatic carbocycles. The van der Waals surface area contributed by atoms with Gasteiger partial charge in [0.05, 0.1) is 6.10 Å². The molecule has 2 aliphatic rings. The van der Waals surface area contributed by atoms with E-state index in [4.69, 9.17) is 4.74 Å². The first-order valence-corrected chi connectivity index (χ1v) is 4.94. The Hall–Kier alpha value is -0.120. The Kier molecular flexibility index (Phi) is 2.98. The van der Waals surface area contributed by atoms with Crippen molar-refractivity contribution < 1.29 is 4.74 Å². The molecule has 69 valence electrons. The van der Waals surface area contributed by atoms with E-state index in [0.29, 0.717) is 12.1 Å². The molecule has 1 radical (unpaired) electrons. The van der Waals surface area contributed by atoms with Crippen molar-refractivity contribution in [2.24, 2.45) is 0 Å². The molecule has 0 aromatic carbocycles. The highest BCUT2D eigenvalue weighted by molar-refractivity contribution is 4.79. The van der Waals surface area contributed by atoms with Gasteiger partial charge in [-0.2, -0.15) is 0 Å². The van der Waals surface area contributed by atoms with Crippen LogP contribution in [-0.2, 0) is 4.74 Å². The highest BCUT2D eigenvalue weighted by Gasteiger charge is 2.22. The largest absolute Gasteiger partial charge is 0.378 e. The van der Waals surface area contributed by atoms with E-state index in [-0.39, 0.29) is 0 Å². The Labute approximate surface area is 73.9 Å². The molecular formula is C9H17N2O. The maximum atomic E-state index is 5.57. The number of rotatable bonds is 2. The number of hydrogen-bond donors (Lipinski definition) is 1. The standard InChI is InChI=1S/C9H17N2O/c1-2-9(12-5-1)6-8-7-10-3-4-11-8/h8-10H,1-7H2. The highest BCUT2D eigenvalue weighted by Crippen LogP contribution is 2.17. The summed E-state index contributed by atoms with van der Waals surface area (Å²) in [6.07, 6.45) is 4.11. The molecule has 12 heavy (non-hydrogen) atoms. The SMILES string of the molecule is C1COC(CC2CNCC[N]2)C1. The van der Waals surface area contributed by atoms with E-state index in [1.165, 1.54) is 12.8 Å². The fourth-order valence-corrected chi connectivity index (χ4v) is 1.95. The third kappa shape index (κ3) is 2.19. The van der Waals surface area contributed by atoms with Crippen LogP contribution in [0.4, 0.5) is 0 Å². The van der Waals surface area contributed by atoms with Crippen LogP contribution in [0.5, 0.6) is 0 Å². The van der Waals surface area contributed by atoms with Crippen molar-refractivity contribution in [3.8, 4) is 0 Å². The molecule has 0 saturated carbocycles. The van der Waals surface area contributed by atoms with Crippen LogP contribution in [-0.4, -0.2) is 38.4 Å². The molecule has 1 N–H and O–H groups in total. The van der Waals surface area contributed by atoms with Crippen molar-refractivity contribution in [1.82, 2.24) is 10.6 Å². The monoisotopic (exact) mass is 169 g/mol. The van der Waals surface area contributed by atoms with E-state index in [9.17, 15) is 0 Å². The molecule has 2 fully saturated rings. The van der Waals surface area contributed by atoms with Gasteiger partial charge in [0, 0.05) is 32.3 Å². The molecule has 2 heterocycles. The molecule has 3 nitrogen and oxygen atoms in total. The predicted octanol–water partition coefficient (Wildman–Crippen LogP) is 0.132. The second-order valence-electron chi connectivity index (χ2n) is 3.63. The van der Waals surface area contributed by atoms with Crippen LogP contribution < -0.4 is 10.6 Å². The Morgan fingerprint density at radius 3 is 3.17 bits per heavy atom. The molecular weight excluding hydrogens is 152 g/mol. The fraction of sp³-hybridized carbons (Fsp3) is 1.00. The van der Waals surface area contributed by atoms with Gasteiger partial charge in [-0.1, -0.05) is 0 Å². The lowest BCUT2D eigenvalue weighted by Crippen LogP contribution is -2.45. The maximum Gasteiger partial charge on any atom is 0.0591 e. The summed E-state index contributed by atoms with van der Waals surface area (Å²) in [6.45, 7) is 4.06. The van der Waals surface area contributed by atoms with E-state index in [0.717, 1.165) is 32.7 Å². The lowest BCUT2D eigenvalue weighted by molar-refractivity contribution is 0.0923. The second kappa shape index (κ2) is 4.21. The fourth-order valence-electron chi connectivity index (χ4n) is 1.95. The van der Waals surface area contributed by atoms with Gasteiger partial charge < -0.3 is 10.1 Å². The summed E-state index contributed by atoms with van der Waals surface area (Å²) in [4.78, 5) is 0. The van der Waals surface area contributed by atoms with Gasteiger partial charge in [-0.15, -0.1) is 0 Å². The van der Waals surface area contributed by atoms with Crippen molar-refractivity contribution in [2.45, 2.75) is 31.4 Å². The summed E-state index contributed by atoms with van der Waals surface area (Å²) in [7, 11) is 0. The molecule has 0 bridgehead atoms. The van der Waals surface area contributed by atoms with Crippen molar-refractivity contribution in [3.05, 3.63) is 0 Å². The van der Waals surface area contributed by atoms with Gasteiger partial charge in [-0.3, -0.25) is 0 Å². The summed E-state index contributed by atoms with van der Waals surface area (Å²) < 4.78 is 5.57. The minimum Gasteiger partial charge on any atom is -0.378 e. The molecule has 0 spiro atoms. The van der Waals surface area contributed by atoms with E-state index in [2.05, 4.69) is 10.6 Å². The summed E-state index contributed by atoms with van der Waals surface area (Å²) in [5, 5.41) is 7.91. The minimum absolute atomic E-state index is 0.499. The van der Waals surface area contributed by atoms with Gasteiger partial charge in [0.25, 0.3) is 0 Å². The van der Waals surface area contributed by atoms with Gasteiger partial charge in [0.1, 0.15) is 0 Å². The third-order valence-electron chi connectivity index (χ3n) is 2.61. The summed E-state index contributed by atoms with van der Waals surface area (Å²) in [5.41, 5.74) is 0. The molecule has 0 aromatic rings. The van der Waals surface area contributed by atoms with Crippen molar-refractivity contribution >= 4 is 0 Å². The van der Waals surface area contributed by atoms with Crippen LogP contribution in [0.25, 0.3) is 0 Å². The first kappa shape index (κ1) is 8.48. The van der Waals surface area contributed by atoms with Gasteiger partial charge in [0.15, 0.2) is 0 Å². The molecule has 0 aromatic heterocycles. The number of piperazine rings is 1. The highest BCUT2D eigenvalue weighted by atomic mass is 16.5. The van der Waals surface area contributed by atoms with Gasteiger partial charge in [-0.05, 0) is 19.3 Å². The van der Waals surface area contributed by atoms with E-state index in [1.807, 2.05) is 0 Å². The summed E-state index contributed by atoms with van der Waals surface area (Å²) >= 11 is 0. The first-order valence-electron chi connectivity index (χ1n) is 4.94. The second-order valence-corrected chi connectivity index (χ2v) is 3.63. The van der Waals surface area contributed by atoms with Gasteiger partial charge in [-0.25, -0.2) is 5.32 Å². The maximum absolute atomic E-state index is 5.57. The zero-order valence-electron chi connectivity index (χ0n) is 7.46. The van der Waals surface area contributed by atoms with Crippen LogP contribution in [0.3, 0.4) is 0 Å². The number of hydrogen-bond acceptors (Lipinski definition) is 2. The average Bonchev–Trinajstić information content (AvgIpc) is 2.59. The van der Waals surface area contributed by atoms with Gasteiger partial charge in [0.2, 0.25) is 0 Å². The minimum atomic E-state index is 0.499.